The second kappa shape index (κ2) is 5.70. The van der Waals surface area contributed by atoms with E-state index in [1.807, 2.05) is 31.2 Å². The van der Waals surface area contributed by atoms with Crippen molar-refractivity contribution in [2.45, 2.75) is 19.4 Å². The third-order valence-electron chi connectivity index (χ3n) is 4.44. The number of nitrogens with one attached hydrogen (secondary N) is 2. The zero-order valence-electron chi connectivity index (χ0n) is 13.0. The fraction of sp³-hybridized carbons (Fsp3) is 0.263. The highest BCUT2D eigenvalue weighted by atomic mass is 19.1. The van der Waals surface area contributed by atoms with Crippen molar-refractivity contribution in [3.63, 3.8) is 0 Å². The molecular formula is C19H19FN2O. The SMILES string of the molecule is CCOc1ccccc1C1NCCc2c1[nH]c1ccc(F)cc21. The van der Waals surface area contributed by atoms with Gasteiger partial charge in [-0.1, -0.05) is 18.2 Å². The van der Waals surface area contributed by atoms with E-state index in [0.717, 1.165) is 40.9 Å². The molecule has 1 aliphatic rings. The van der Waals surface area contributed by atoms with E-state index in [1.54, 1.807) is 6.07 Å². The number of aromatic amines is 1. The van der Waals surface area contributed by atoms with E-state index in [1.165, 1.54) is 11.6 Å². The van der Waals surface area contributed by atoms with Crippen molar-refractivity contribution in [2.24, 2.45) is 0 Å². The van der Waals surface area contributed by atoms with Crippen molar-refractivity contribution >= 4 is 10.9 Å². The van der Waals surface area contributed by atoms with Crippen LogP contribution in [0.5, 0.6) is 5.75 Å². The molecule has 4 heteroatoms. The molecule has 0 bridgehead atoms. The van der Waals surface area contributed by atoms with E-state index in [-0.39, 0.29) is 11.9 Å². The Morgan fingerprint density at radius 3 is 2.96 bits per heavy atom. The number of hydrogen-bond acceptors (Lipinski definition) is 2. The number of benzene rings is 2. The van der Waals surface area contributed by atoms with Gasteiger partial charge in [-0.15, -0.1) is 0 Å². The van der Waals surface area contributed by atoms with Crippen LogP contribution >= 0.6 is 0 Å². The normalized spacial score (nSPS) is 17.2. The molecule has 23 heavy (non-hydrogen) atoms. The van der Waals surface area contributed by atoms with E-state index < -0.39 is 0 Å². The van der Waals surface area contributed by atoms with E-state index in [9.17, 15) is 4.39 Å². The standard InChI is InChI=1S/C19H19FN2O/c1-2-23-17-6-4-3-5-14(17)18-19-13(9-10-21-18)15-11-12(20)7-8-16(15)22-19/h3-8,11,18,21-22H,2,9-10H2,1H3. The van der Waals surface area contributed by atoms with E-state index in [0.29, 0.717) is 6.61 Å². The molecule has 0 radical (unpaired) electrons. The molecule has 0 spiro atoms. The number of rotatable bonds is 3. The third kappa shape index (κ3) is 2.39. The Morgan fingerprint density at radius 1 is 1.22 bits per heavy atom. The van der Waals surface area contributed by atoms with Gasteiger partial charge < -0.3 is 15.0 Å². The summed E-state index contributed by atoms with van der Waals surface area (Å²) in [6, 6.07) is 13.1. The molecule has 3 aromatic rings. The van der Waals surface area contributed by atoms with Crippen LogP contribution in [0.3, 0.4) is 0 Å². The molecule has 4 rings (SSSR count). The van der Waals surface area contributed by atoms with Crippen LogP contribution in [-0.4, -0.2) is 18.1 Å². The lowest BCUT2D eigenvalue weighted by atomic mass is 9.94. The lowest BCUT2D eigenvalue weighted by Crippen LogP contribution is -2.30. The molecule has 2 aromatic carbocycles. The Labute approximate surface area is 134 Å². The Bertz CT molecular complexity index is 856. The van der Waals surface area contributed by atoms with Gasteiger partial charge >= 0.3 is 0 Å². The van der Waals surface area contributed by atoms with Gasteiger partial charge in [-0.25, -0.2) is 4.39 Å². The minimum absolute atomic E-state index is 0.0389. The van der Waals surface area contributed by atoms with Crippen molar-refractivity contribution in [2.75, 3.05) is 13.2 Å². The molecule has 0 saturated heterocycles. The molecule has 2 N–H and O–H groups in total. The predicted molar refractivity (Wildman–Crippen MR) is 89.4 cm³/mol. The number of H-pyrrole nitrogens is 1. The molecule has 1 unspecified atom stereocenters. The van der Waals surface area contributed by atoms with Gasteiger partial charge in [0.2, 0.25) is 0 Å². The summed E-state index contributed by atoms with van der Waals surface area (Å²) in [5.41, 5.74) is 4.42. The Morgan fingerprint density at radius 2 is 2.09 bits per heavy atom. The Kier molecular flexibility index (Phi) is 3.54. The largest absolute Gasteiger partial charge is 0.494 e. The Hall–Kier alpha value is -2.33. The molecule has 3 nitrogen and oxygen atoms in total. The number of halogens is 1. The number of ether oxygens (including phenoxy) is 1. The molecule has 118 valence electrons. The van der Waals surface area contributed by atoms with Gasteiger partial charge in [0.05, 0.1) is 12.6 Å². The van der Waals surface area contributed by atoms with E-state index >= 15 is 0 Å². The van der Waals surface area contributed by atoms with Gasteiger partial charge in [-0.3, -0.25) is 0 Å². The molecule has 1 atom stereocenters. The van der Waals surface area contributed by atoms with Crippen molar-refractivity contribution in [1.29, 1.82) is 0 Å². The van der Waals surface area contributed by atoms with Crippen LogP contribution in [0.1, 0.15) is 29.8 Å². The van der Waals surface area contributed by atoms with Crippen molar-refractivity contribution in [3.8, 4) is 5.75 Å². The fourth-order valence-corrected chi connectivity index (χ4v) is 3.47. The fourth-order valence-electron chi connectivity index (χ4n) is 3.47. The smallest absolute Gasteiger partial charge is 0.124 e. The summed E-state index contributed by atoms with van der Waals surface area (Å²) < 4.78 is 19.4. The minimum Gasteiger partial charge on any atom is -0.494 e. The maximum absolute atomic E-state index is 13.6. The summed E-state index contributed by atoms with van der Waals surface area (Å²) >= 11 is 0. The highest BCUT2D eigenvalue weighted by molar-refractivity contribution is 5.85. The summed E-state index contributed by atoms with van der Waals surface area (Å²) in [6.07, 6.45) is 0.895. The van der Waals surface area contributed by atoms with Crippen LogP contribution < -0.4 is 10.1 Å². The molecule has 1 aromatic heterocycles. The molecule has 0 fully saturated rings. The van der Waals surface area contributed by atoms with Gasteiger partial charge in [0.15, 0.2) is 0 Å². The highest BCUT2D eigenvalue weighted by Crippen LogP contribution is 2.37. The van der Waals surface area contributed by atoms with Gasteiger partial charge in [-0.05, 0) is 43.2 Å². The van der Waals surface area contributed by atoms with Crippen LogP contribution in [-0.2, 0) is 6.42 Å². The third-order valence-corrected chi connectivity index (χ3v) is 4.44. The van der Waals surface area contributed by atoms with Crippen LogP contribution in [0.2, 0.25) is 0 Å². The summed E-state index contributed by atoms with van der Waals surface area (Å²) in [6.45, 7) is 3.48. The maximum atomic E-state index is 13.6. The second-order valence-electron chi connectivity index (χ2n) is 5.82. The quantitative estimate of drug-likeness (QED) is 0.769. The average molecular weight is 310 g/mol. The molecule has 0 saturated carbocycles. The molecular weight excluding hydrogens is 291 g/mol. The van der Waals surface area contributed by atoms with Crippen LogP contribution in [0.25, 0.3) is 10.9 Å². The molecule has 0 amide bonds. The maximum Gasteiger partial charge on any atom is 0.124 e. The first-order valence-corrected chi connectivity index (χ1v) is 8.03. The lowest BCUT2D eigenvalue weighted by molar-refractivity contribution is 0.332. The summed E-state index contributed by atoms with van der Waals surface area (Å²) in [7, 11) is 0. The summed E-state index contributed by atoms with van der Waals surface area (Å²) in [5, 5.41) is 4.55. The number of para-hydroxylation sites is 1. The predicted octanol–water partition coefficient (Wildman–Crippen LogP) is 3.94. The summed E-state index contributed by atoms with van der Waals surface area (Å²) in [4.78, 5) is 3.48. The van der Waals surface area contributed by atoms with Gasteiger partial charge in [0, 0.05) is 28.7 Å². The van der Waals surface area contributed by atoms with Gasteiger partial charge in [-0.2, -0.15) is 0 Å². The lowest BCUT2D eigenvalue weighted by Gasteiger charge is -2.26. The zero-order chi connectivity index (χ0) is 15.8. The van der Waals surface area contributed by atoms with E-state index in [4.69, 9.17) is 4.74 Å². The first-order valence-electron chi connectivity index (χ1n) is 8.03. The second-order valence-corrected chi connectivity index (χ2v) is 5.82. The Balaban J connectivity index is 1.87. The minimum atomic E-state index is -0.191. The first kappa shape index (κ1) is 14.3. The van der Waals surface area contributed by atoms with Gasteiger partial charge in [0.1, 0.15) is 11.6 Å². The summed E-state index contributed by atoms with van der Waals surface area (Å²) in [5.74, 6) is 0.703. The zero-order valence-corrected chi connectivity index (χ0v) is 13.0. The van der Waals surface area contributed by atoms with Gasteiger partial charge in [0.25, 0.3) is 0 Å². The van der Waals surface area contributed by atoms with Crippen LogP contribution in [0.4, 0.5) is 4.39 Å². The van der Waals surface area contributed by atoms with Crippen molar-refractivity contribution in [1.82, 2.24) is 10.3 Å². The van der Waals surface area contributed by atoms with Crippen molar-refractivity contribution in [3.05, 3.63) is 65.1 Å². The number of fused-ring (bicyclic) bond motifs is 3. The first-order chi connectivity index (χ1) is 11.3. The monoisotopic (exact) mass is 310 g/mol. The highest BCUT2D eigenvalue weighted by Gasteiger charge is 2.27. The number of aromatic nitrogens is 1. The van der Waals surface area contributed by atoms with Crippen LogP contribution in [0.15, 0.2) is 42.5 Å². The van der Waals surface area contributed by atoms with Crippen LogP contribution in [0, 0.1) is 5.82 Å². The van der Waals surface area contributed by atoms with E-state index in [2.05, 4.69) is 16.4 Å². The molecule has 2 heterocycles. The molecule has 1 aliphatic heterocycles. The van der Waals surface area contributed by atoms with Crippen molar-refractivity contribution < 1.29 is 9.13 Å². The number of hydrogen-bond donors (Lipinski definition) is 2. The topological polar surface area (TPSA) is 37.0 Å². The molecule has 0 aliphatic carbocycles. The average Bonchev–Trinajstić information content (AvgIpc) is 2.94.